The second-order valence-corrected chi connectivity index (χ2v) is 25.8. The summed E-state index contributed by atoms with van der Waals surface area (Å²) in [5, 5.41) is 9.03. The average molecular weight is 1350 g/mol. The summed E-state index contributed by atoms with van der Waals surface area (Å²) in [4.78, 5) is 125. The van der Waals surface area contributed by atoms with Gasteiger partial charge in [0.15, 0.2) is 0 Å². The largest absolute Gasteiger partial charge is 0.496 e. The number of nitrogens with zero attached hydrogens (tertiary/aromatic N) is 6. The highest BCUT2D eigenvalue weighted by Crippen LogP contribution is 2.41. The van der Waals surface area contributed by atoms with Gasteiger partial charge in [0.1, 0.15) is 46.9 Å². The molecule has 90 heavy (non-hydrogen) atoms. The molecule has 2 aliphatic heterocycles. The molecule has 4 atom stereocenters. The van der Waals surface area contributed by atoms with E-state index < -0.39 is 83.0 Å². The third-order valence-electron chi connectivity index (χ3n) is 15.8. The maximum absolute atomic E-state index is 15.4. The lowest BCUT2D eigenvalue weighted by Crippen LogP contribution is -2.57. The number of ether oxygens (including phenoxy) is 4. The average Bonchev–Trinajstić information content (AvgIpc) is 1.54. The van der Waals surface area contributed by atoms with E-state index in [2.05, 4.69) is 42.5 Å². The monoisotopic (exact) mass is 1350 g/mol. The van der Waals surface area contributed by atoms with Gasteiger partial charge in [-0.3, -0.25) is 38.6 Å². The SMILES string of the molecule is COc1ccc2c(Br)cccc2c1CN1C(=O)[C@@H](NC(=O)[C@H](C)N(C)C(=O)OC(C)(C)C)CN(C(=O)c2ccc(C(=O)N3C[C@H](NC(=O)[C@H](C)N(C)C(=O)OC(C)(C)C)C(=O)N(Cc4c(OC)ccc5c(Br)cccc45)c4ccccc43)cc2)c2ccccc21. The number of hydrogen-bond donors (Lipinski definition) is 2. The molecule has 8 amide bonds. The van der Waals surface area contributed by atoms with Gasteiger partial charge in [0.2, 0.25) is 11.8 Å². The lowest BCUT2D eigenvalue weighted by molar-refractivity contribution is -0.130. The molecule has 0 aromatic heterocycles. The Kier molecular flexibility index (Phi) is 19.3. The van der Waals surface area contributed by atoms with Crippen LogP contribution >= 0.6 is 31.9 Å². The molecule has 0 fully saturated rings. The second-order valence-electron chi connectivity index (χ2n) is 24.1. The molecule has 0 unspecified atom stereocenters. The van der Waals surface area contributed by atoms with Crippen molar-refractivity contribution in [2.45, 2.75) is 104 Å². The van der Waals surface area contributed by atoms with Crippen LogP contribution in [0.5, 0.6) is 11.5 Å². The number of nitrogens with one attached hydrogen (secondary N) is 2. The normalized spacial score (nSPS) is 15.8. The molecular weight excluding hydrogens is 1280 g/mol. The number of halogens is 2. The fourth-order valence-corrected chi connectivity index (χ4v) is 11.8. The lowest BCUT2D eigenvalue weighted by Gasteiger charge is -2.30. The fourth-order valence-electron chi connectivity index (χ4n) is 10.8. The Morgan fingerprint density at radius 2 is 0.844 bits per heavy atom. The Labute approximate surface area is 539 Å². The first kappa shape index (κ1) is 65.4. The van der Waals surface area contributed by atoms with E-state index in [1.165, 1.54) is 86.0 Å². The second kappa shape index (κ2) is 26.6. The van der Waals surface area contributed by atoms with E-state index in [9.17, 15) is 19.2 Å². The van der Waals surface area contributed by atoms with Gasteiger partial charge >= 0.3 is 12.2 Å². The van der Waals surface area contributed by atoms with E-state index in [1.807, 2.05) is 60.7 Å². The van der Waals surface area contributed by atoms with Crippen molar-refractivity contribution in [2.24, 2.45) is 0 Å². The van der Waals surface area contributed by atoms with E-state index in [-0.39, 0.29) is 37.3 Å². The highest BCUT2D eigenvalue weighted by atomic mass is 79.9. The number of hydrogen-bond acceptors (Lipinski definition) is 12. The molecule has 22 heteroatoms. The first-order valence-electron chi connectivity index (χ1n) is 29.2. The van der Waals surface area contributed by atoms with Crippen LogP contribution in [0.25, 0.3) is 21.5 Å². The van der Waals surface area contributed by atoms with Crippen molar-refractivity contribution in [1.29, 1.82) is 0 Å². The highest BCUT2D eigenvalue weighted by molar-refractivity contribution is 9.11. The van der Waals surface area contributed by atoms with E-state index in [0.717, 1.165) is 40.3 Å². The molecule has 2 N–H and O–H groups in total. The van der Waals surface area contributed by atoms with Gasteiger partial charge in [0.25, 0.3) is 23.6 Å². The minimum Gasteiger partial charge on any atom is -0.496 e. The summed E-state index contributed by atoms with van der Waals surface area (Å²) in [6.45, 7) is 12.4. The molecule has 2 aliphatic rings. The summed E-state index contributed by atoms with van der Waals surface area (Å²) in [6, 6.07) is 33.5. The molecule has 2 heterocycles. The summed E-state index contributed by atoms with van der Waals surface area (Å²) in [5.41, 5.74) is 1.12. The Morgan fingerprint density at radius 3 is 1.18 bits per heavy atom. The van der Waals surface area contributed by atoms with Crippen LogP contribution in [0.2, 0.25) is 0 Å². The number of anilines is 4. The molecule has 7 aromatic rings. The standard InChI is InChI=1S/C68H72Br2N8O12/c1-39(73(9)65(85)89-67(3,4)5)59(79)71-51-37-77(55-25-15-13-23-53(55)75(63(51)83)35-47-43-19-17-21-49(69)45(43)31-33-57(47)87-11)61(81)41-27-29-42(30-28-41)62(82)78-38-52(72-60(80)40(2)74(10)66(86)90-68(6,7)8)64(84)76(54-24-14-16-26-56(54)78)36-48-44-20-18-22-50(70)46(44)32-34-58(48)88-12/h13-34,39-40,51-52H,35-38H2,1-12H3,(H,71,79)(H,72,80)/t39-,40-,51-,52-/m0/s1. The molecule has 0 saturated carbocycles. The summed E-state index contributed by atoms with van der Waals surface area (Å²) in [5.74, 6) is -2.71. The van der Waals surface area contributed by atoms with Gasteiger partial charge < -0.3 is 49.2 Å². The summed E-state index contributed by atoms with van der Waals surface area (Å²) in [7, 11) is 5.91. The molecule has 20 nitrogen and oxygen atoms in total. The molecule has 470 valence electrons. The van der Waals surface area contributed by atoms with Gasteiger partial charge in [-0.15, -0.1) is 0 Å². The van der Waals surface area contributed by atoms with Gasteiger partial charge in [-0.25, -0.2) is 9.59 Å². The maximum Gasteiger partial charge on any atom is 0.410 e. The van der Waals surface area contributed by atoms with Crippen LogP contribution in [0, 0.1) is 0 Å². The third kappa shape index (κ3) is 13.7. The lowest BCUT2D eigenvalue weighted by atomic mass is 10.0. The Hall–Kier alpha value is -9.02. The van der Waals surface area contributed by atoms with E-state index in [4.69, 9.17) is 18.9 Å². The van der Waals surface area contributed by atoms with Crippen molar-refractivity contribution in [1.82, 2.24) is 20.4 Å². The van der Waals surface area contributed by atoms with Crippen molar-refractivity contribution in [3.63, 3.8) is 0 Å². The molecular formula is C68H72Br2N8O12. The highest BCUT2D eigenvalue weighted by Gasteiger charge is 2.42. The minimum absolute atomic E-state index is 0.0591. The number of methoxy groups -OCH3 is 2. The zero-order valence-corrected chi connectivity index (χ0v) is 55.3. The summed E-state index contributed by atoms with van der Waals surface area (Å²) in [6.07, 6.45) is -1.52. The minimum atomic E-state index is -1.39. The number of fused-ring (bicyclic) bond motifs is 4. The molecule has 9 rings (SSSR count). The Morgan fingerprint density at radius 1 is 0.500 bits per heavy atom. The van der Waals surface area contributed by atoms with Crippen LogP contribution in [0.3, 0.4) is 0 Å². The first-order valence-corrected chi connectivity index (χ1v) is 30.7. The fraction of sp³-hybridized carbons (Fsp3) is 0.324. The van der Waals surface area contributed by atoms with Crippen molar-refractivity contribution < 1.29 is 57.3 Å². The van der Waals surface area contributed by atoms with E-state index in [0.29, 0.717) is 45.4 Å². The van der Waals surface area contributed by atoms with Gasteiger partial charge in [-0.2, -0.15) is 0 Å². The number of rotatable bonds is 14. The van der Waals surface area contributed by atoms with Gasteiger partial charge in [0, 0.05) is 45.3 Å². The van der Waals surface area contributed by atoms with Crippen LogP contribution in [0.15, 0.2) is 142 Å². The quantitative estimate of drug-likeness (QED) is 0.104. The van der Waals surface area contributed by atoms with Crippen molar-refractivity contribution in [3.8, 4) is 11.5 Å². The summed E-state index contributed by atoms with van der Waals surface area (Å²) < 4.78 is 24.5. The summed E-state index contributed by atoms with van der Waals surface area (Å²) >= 11 is 7.33. The van der Waals surface area contributed by atoms with Crippen LogP contribution in [0.4, 0.5) is 32.3 Å². The van der Waals surface area contributed by atoms with E-state index >= 15 is 19.2 Å². The van der Waals surface area contributed by atoms with Crippen molar-refractivity contribution in [2.75, 3.05) is 61.0 Å². The number of carbonyl (C=O) groups is 8. The molecule has 0 saturated heterocycles. The molecule has 7 aromatic carbocycles. The Balaban J connectivity index is 1.08. The molecule has 0 aliphatic carbocycles. The number of likely N-dealkylation sites (N-methyl/N-ethyl adjacent to an activating group) is 2. The van der Waals surface area contributed by atoms with Crippen molar-refractivity contribution in [3.05, 3.63) is 165 Å². The molecule has 0 radical (unpaired) electrons. The molecule has 0 bridgehead atoms. The maximum atomic E-state index is 15.4. The van der Waals surface area contributed by atoms with Gasteiger partial charge in [-0.1, -0.05) is 80.4 Å². The van der Waals surface area contributed by atoms with E-state index in [1.54, 1.807) is 90.1 Å². The smallest absolute Gasteiger partial charge is 0.410 e. The zero-order chi connectivity index (χ0) is 65.3. The van der Waals surface area contributed by atoms with Crippen LogP contribution in [-0.4, -0.2) is 134 Å². The number of benzene rings is 7. The molecule has 0 spiro atoms. The predicted molar refractivity (Wildman–Crippen MR) is 352 cm³/mol. The zero-order valence-electron chi connectivity index (χ0n) is 52.2. The Bertz CT molecular complexity index is 3730. The topological polar surface area (TPSA) is 217 Å². The first-order chi connectivity index (χ1) is 42.6. The van der Waals surface area contributed by atoms with Crippen LogP contribution in [-0.2, 0) is 41.7 Å². The predicted octanol–water partition coefficient (Wildman–Crippen LogP) is 11.4. The third-order valence-corrected chi connectivity index (χ3v) is 17.2. The number of amides is 8. The van der Waals surface area contributed by atoms with Crippen LogP contribution < -0.4 is 39.7 Å². The van der Waals surface area contributed by atoms with Gasteiger partial charge in [0.05, 0.1) is 63.1 Å². The van der Waals surface area contributed by atoms with Crippen molar-refractivity contribution >= 4 is 124 Å². The number of para-hydroxylation sites is 4. The van der Waals surface area contributed by atoms with Gasteiger partial charge in [-0.05, 0) is 162 Å². The van der Waals surface area contributed by atoms with Crippen LogP contribution in [0.1, 0.15) is 87.2 Å². The number of carbonyl (C=O) groups excluding carboxylic acids is 8.